The number of aromatic carboxylic acids is 1. The number of fused-ring (bicyclic) bond motifs is 1. The molecule has 0 bridgehead atoms. The van der Waals surface area contributed by atoms with E-state index >= 15 is 0 Å². The maximum absolute atomic E-state index is 11.3. The van der Waals surface area contributed by atoms with E-state index < -0.39 is 5.97 Å². The SMILES string of the molecule is C=CCOc1cc(/C=C/c2nc3c(C(=O)O)cccc3[nH]2)ccc1OC. The maximum atomic E-state index is 11.3. The molecule has 0 saturated carbocycles. The Kier molecular flexibility index (Phi) is 5.03. The first-order valence-corrected chi connectivity index (χ1v) is 7.94. The van der Waals surface area contributed by atoms with Crippen molar-refractivity contribution in [3.63, 3.8) is 0 Å². The first-order chi connectivity index (χ1) is 12.6. The number of aromatic nitrogens is 2. The molecule has 132 valence electrons. The average Bonchev–Trinajstić information content (AvgIpc) is 3.07. The minimum atomic E-state index is -1.00. The van der Waals surface area contributed by atoms with Gasteiger partial charge in [-0.1, -0.05) is 30.9 Å². The molecule has 0 aliphatic rings. The van der Waals surface area contributed by atoms with Crippen molar-refractivity contribution in [2.75, 3.05) is 13.7 Å². The molecule has 0 atom stereocenters. The molecule has 0 amide bonds. The normalized spacial score (nSPS) is 11.0. The fourth-order valence-electron chi connectivity index (χ4n) is 2.54. The van der Waals surface area contributed by atoms with Gasteiger partial charge in [-0.25, -0.2) is 9.78 Å². The van der Waals surface area contributed by atoms with Crippen molar-refractivity contribution >= 4 is 29.2 Å². The van der Waals surface area contributed by atoms with Gasteiger partial charge in [0.15, 0.2) is 11.5 Å². The lowest BCUT2D eigenvalue weighted by Gasteiger charge is -2.09. The zero-order valence-corrected chi connectivity index (χ0v) is 14.2. The number of methoxy groups -OCH3 is 1. The van der Waals surface area contributed by atoms with Crippen LogP contribution in [0.25, 0.3) is 23.2 Å². The molecule has 1 heterocycles. The zero-order chi connectivity index (χ0) is 18.5. The molecule has 2 N–H and O–H groups in total. The smallest absolute Gasteiger partial charge is 0.337 e. The highest BCUT2D eigenvalue weighted by Crippen LogP contribution is 2.29. The fraction of sp³-hybridized carbons (Fsp3) is 0.100. The van der Waals surface area contributed by atoms with Crippen LogP contribution in [0.2, 0.25) is 0 Å². The van der Waals surface area contributed by atoms with Crippen LogP contribution in [-0.2, 0) is 0 Å². The second-order valence-electron chi connectivity index (χ2n) is 5.47. The standard InChI is InChI=1S/C20H18N2O4/c1-3-11-26-17-12-13(7-9-16(17)25-2)8-10-18-21-15-6-4-5-14(20(23)24)19(15)22-18/h3-10,12H,1,11H2,2H3,(H,21,22)(H,23,24)/b10-8+. The summed E-state index contributed by atoms with van der Waals surface area (Å²) in [5.41, 5.74) is 2.17. The second kappa shape index (κ2) is 7.57. The average molecular weight is 350 g/mol. The minimum absolute atomic E-state index is 0.169. The number of imidazole rings is 1. The minimum Gasteiger partial charge on any atom is -0.493 e. The number of nitrogens with zero attached hydrogens (tertiary/aromatic N) is 1. The summed E-state index contributed by atoms with van der Waals surface area (Å²) in [6.45, 7) is 4.02. The van der Waals surface area contributed by atoms with Crippen molar-refractivity contribution < 1.29 is 19.4 Å². The molecule has 2 aromatic carbocycles. The molecule has 0 unspecified atom stereocenters. The lowest BCUT2D eigenvalue weighted by Crippen LogP contribution is -1.96. The van der Waals surface area contributed by atoms with Gasteiger partial charge in [-0.15, -0.1) is 0 Å². The van der Waals surface area contributed by atoms with E-state index in [1.807, 2.05) is 24.3 Å². The topological polar surface area (TPSA) is 84.4 Å². The van der Waals surface area contributed by atoms with E-state index in [-0.39, 0.29) is 5.56 Å². The summed E-state index contributed by atoms with van der Waals surface area (Å²) < 4.78 is 10.9. The number of para-hydroxylation sites is 1. The van der Waals surface area contributed by atoms with Crippen LogP contribution >= 0.6 is 0 Å². The van der Waals surface area contributed by atoms with Gasteiger partial charge < -0.3 is 19.6 Å². The molecule has 0 fully saturated rings. The number of ether oxygens (including phenoxy) is 2. The first kappa shape index (κ1) is 17.3. The molecule has 0 radical (unpaired) electrons. The lowest BCUT2D eigenvalue weighted by atomic mass is 10.2. The number of carboxylic acid groups (broad SMARTS) is 1. The summed E-state index contributed by atoms with van der Waals surface area (Å²) in [4.78, 5) is 18.7. The van der Waals surface area contributed by atoms with Gasteiger partial charge in [-0.2, -0.15) is 0 Å². The van der Waals surface area contributed by atoms with Crippen molar-refractivity contribution in [1.82, 2.24) is 9.97 Å². The monoisotopic (exact) mass is 350 g/mol. The number of H-pyrrole nitrogens is 1. The Hall–Kier alpha value is -3.54. The van der Waals surface area contributed by atoms with Crippen LogP contribution in [0.5, 0.6) is 11.5 Å². The van der Waals surface area contributed by atoms with E-state index in [0.717, 1.165) is 5.56 Å². The van der Waals surface area contributed by atoms with E-state index in [1.54, 1.807) is 31.4 Å². The van der Waals surface area contributed by atoms with Crippen molar-refractivity contribution in [3.05, 3.63) is 66.0 Å². The van der Waals surface area contributed by atoms with Crippen LogP contribution in [0.3, 0.4) is 0 Å². The quantitative estimate of drug-likeness (QED) is 0.629. The third kappa shape index (κ3) is 3.59. The molecule has 0 aliphatic carbocycles. The molecule has 3 rings (SSSR count). The first-order valence-electron chi connectivity index (χ1n) is 7.94. The second-order valence-corrected chi connectivity index (χ2v) is 5.47. The summed E-state index contributed by atoms with van der Waals surface area (Å²) in [6, 6.07) is 10.6. The highest BCUT2D eigenvalue weighted by molar-refractivity contribution is 6.01. The van der Waals surface area contributed by atoms with Gasteiger partial charge in [-0.05, 0) is 35.9 Å². The van der Waals surface area contributed by atoms with Gasteiger partial charge in [-0.3, -0.25) is 0 Å². The zero-order valence-electron chi connectivity index (χ0n) is 14.2. The Balaban J connectivity index is 1.90. The number of carbonyl (C=O) groups is 1. The predicted octanol–water partition coefficient (Wildman–Crippen LogP) is 4.00. The molecule has 0 aliphatic heterocycles. The largest absolute Gasteiger partial charge is 0.493 e. The molecule has 6 heteroatoms. The van der Waals surface area contributed by atoms with Crippen molar-refractivity contribution in [2.45, 2.75) is 0 Å². The van der Waals surface area contributed by atoms with Crippen LogP contribution in [0.15, 0.2) is 49.1 Å². The Labute approximate surface area is 150 Å². The van der Waals surface area contributed by atoms with Crippen molar-refractivity contribution in [2.24, 2.45) is 0 Å². The van der Waals surface area contributed by atoms with E-state index in [1.165, 1.54) is 6.07 Å². The molecule has 3 aromatic rings. The highest BCUT2D eigenvalue weighted by Gasteiger charge is 2.11. The number of nitrogens with one attached hydrogen (secondary N) is 1. The van der Waals surface area contributed by atoms with Crippen LogP contribution in [0.1, 0.15) is 21.7 Å². The van der Waals surface area contributed by atoms with E-state index in [2.05, 4.69) is 16.5 Å². The molecule has 0 saturated heterocycles. The van der Waals surface area contributed by atoms with Crippen molar-refractivity contribution in [1.29, 1.82) is 0 Å². The third-order valence-electron chi connectivity index (χ3n) is 3.74. The van der Waals surface area contributed by atoms with Gasteiger partial charge in [0.1, 0.15) is 17.9 Å². The van der Waals surface area contributed by atoms with Gasteiger partial charge in [0.25, 0.3) is 0 Å². The summed E-state index contributed by atoms with van der Waals surface area (Å²) in [5.74, 6) is 0.820. The summed E-state index contributed by atoms with van der Waals surface area (Å²) in [5, 5.41) is 9.25. The number of rotatable bonds is 7. The molecule has 6 nitrogen and oxygen atoms in total. The molecule has 1 aromatic heterocycles. The summed E-state index contributed by atoms with van der Waals surface area (Å²) >= 11 is 0. The molecule has 26 heavy (non-hydrogen) atoms. The number of aromatic amines is 1. The Morgan fingerprint density at radius 1 is 1.27 bits per heavy atom. The van der Waals surface area contributed by atoms with E-state index in [4.69, 9.17) is 9.47 Å². The summed E-state index contributed by atoms with van der Waals surface area (Å²) in [7, 11) is 1.58. The van der Waals surface area contributed by atoms with E-state index in [9.17, 15) is 9.90 Å². The van der Waals surface area contributed by atoms with Crippen molar-refractivity contribution in [3.8, 4) is 11.5 Å². The van der Waals surface area contributed by atoms with Gasteiger partial charge in [0, 0.05) is 0 Å². The van der Waals surface area contributed by atoms with Crippen LogP contribution in [0, 0.1) is 0 Å². The van der Waals surface area contributed by atoms with Crippen LogP contribution < -0.4 is 9.47 Å². The van der Waals surface area contributed by atoms with Gasteiger partial charge in [0.2, 0.25) is 0 Å². The number of benzene rings is 2. The Morgan fingerprint density at radius 2 is 2.12 bits per heavy atom. The molecular weight excluding hydrogens is 332 g/mol. The molecular formula is C20H18N2O4. The lowest BCUT2D eigenvalue weighted by molar-refractivity contribution is 0.0699. The third-order valence-corrected chi connectivity index (χ3v) is 3.74. The number of hydrogen-bond acceptors (Lipinski definition) is 4. The molecule has 0 spiro atoms. The van der Waals surface area contributed by atoms with Gasteiger partial charge >= 0.3 is 5.97 Å². The van der Waals surface area contributed by atoms with Crippen LogP contribution in [-0.4, -0.2) is 34.8 Å². The highest BCUT2D eigenvalue weighted by atomic mass is 16.5. The maximum Gasteiger partial charge on any atom is 0.337 e. The number of carboxylic acids is 1. The number of hydrogen-bond donors (Lipinski definition) is 2. The van der Waals surface area contributed by atoms with E-state index in [0.29, 0.717) is 35.0 Å². The Bertz CT molecular complexity index is 989. The van der Waals surface area contributed by atoms with Gasteiger partial charge in [0.05, 0.1) is 18.2 Å². The van der Waals surface area contributed by atoms with Crippen LogP contribution in [0.4, 0.5) is 0 Å². The Morgan fingerprint density at radius 3 is 2.85 bits per heavy atom. The summed E-state index contributed by atoms with van der Waals surface area (Å²) in [6.07, 6.45) is 5.31. The predicted molar refractivity (Wildman–Crippen MR) is 101 cm³/mol. The fourth-order valence-corrected chi connectivity index (χ4v) is 2.54.